The third-order valence-electron chi connectivity index (χ3n) is 9.97. The number of ether oxygens (including phenoxy) is 4. The number of carbonyl (C=O) groups is 2. The van der Waals surface area contributed by atoms with Crippen LogP contribution in [0.1, 0.15) is 86.0 Å². The van der Waals surface area contributed by atoms with Gasteiger partial charge in [-0.05, 0) is 56.1 Å². The fourth-order valence-corrected chi connectivity index (χ4v) is 6.34. The van der Waals surface area contributed by atoms with Crippen LogP contribution in [0.5, 0.6) is 0 Å². The lowest BCUT2D eigenvalue weighted by Crippen LogP contribution is -2.55. The largest absolute Gasteiger partial charge is 0.459 e. The Morgan fingerprint density at radius 1 is 1.16 bits per heavy atom. The van der Waals surface area contributed by atoms with Crippen molar-refractivity contribution in [3.63, 3.8) is 0 Å². The molecule has 9 heteroatoms. The highest BCUT2D eigenvalue weighted by molar-refractivity contribution is 5.82. The zero-order chi connectivity index (χ0) is 36.8. The highest BCUT2D eigenvalue weighted by Crippen LogP contribution is 2.42. The van der Waals surface area contributed by atoms with E-state index in [2.05, 4.69) is 27.0 Å². The first-order valence-corrected chi connectivity index (χ1v) is 18.1. The number of aliphatic hydroxyl groups excluding tert-OH is 3. The van der Waals surface area contributed by atoms with Gasteiger partial charge in [-0.15, -0.1) is 0 Å². The number of fused-ring (bicyclic) bond motifs is 4. The number of hydrogen-bond donors (Lipinski definition) is 3. The molecule has 9 nitrogen and oxygen atoms in total. The minimum Gasteiger partial charge on any atom is -0.459 e. The lowest BCUT2D eigenvalue weighted by molar-refractivity contribution is -0.200. The summed E-state index contributed by atoms with van der Waals surface area (Å²) < 4.78 is 24.1. The molecule has 278 valence electrons. The molecule has 0 aliphatic carbocycles. The third kappa shape index (κ3) is 12.6. The van der Waals surface area contributed by atoms with Gasteiger partial charge in [-0.25, -0.2) is 9.59 Å². The second-order valence-electron chi connectivity index (χ2n) is 14.8. The molecule has 0 aromatic rings. The van der Waals surface area contributed by atoms with Crippen LogP contribution in [0.25, 0.3) is 0 Å². The average Bonchev–Trinajstić information content (AvgIpc) is 3.07. The molecule has 0 radical (unpaired) electrons. The Hall–Kier alpha value is -3.08. The van der Waals surface area contributed by atoms with Gasteiger partial charge in [-0.2, -0.15) is 0 Å². The standard InChI is InChI=1S/C41H60O9/c1-27(2)20-21-29(4)25-47-40(46)33(43)17-11-12-18-37-41(7,26-42)38-24-35(49-37)30(5)15-13-14-28(3)22-36-31(6)34(44)23-32(48-36)16-9-8-10-19-39(45)50-38/h8-14,19,22,27,31-38,42-44H,4-5,15-18,20-21,23-26H2,1-3,6-7H3/b9-8+,12-11-,14-13+,19-10+,28-22-/t31-,32+,33-,34+,35+,36-,37+,38-,41+/m1/s1. The molecule has 0 aromatic carbocycles. The number of aliphatic hydroxyl groups is 3. The van der Waals surface area contributed by atoms with Crippen molar-refractivity contribution in [1.29, 1.82) is 0 Å². The van der Waals surface area contributed by atoms with E-state index < -0.39 is 47.9 Å². The summed E-state index contributed by atoms with van der Waals surface area (Å²) in [4.78, 5) is 25.4. The molecule has 3 N–H and O–H groups in total. The summed E-state index contributed by atoms with van der Waals surface area (Å²) in [5, 5.41) is 31.7. The smallest absolute Gasteiger partial charge is 0.335 e. The summed E-state index contributed by atoms with van der Waals surface area (Å²) in [7, 11) is 0. The van der Waals surface area contributed by atoms with Crippen LogP contribution >= 0.6 is 0 Å². The second kappa shape index (κ2) is 20.1. The van der Waals surface area contributed by atoms with Crippen LogP contribution in [0.2, 0.25) is 0 Å². The van der Waals surface area contributed by atoms with E-state index in [1.54, 1.807) is 24.3 Å². The van der Waals surface area contributed by atoms with Crippen molar-refractivity contribution in [2.75, 3.05) is 13.2 Å². The topological polar surface area (TPSA) is 132 Å². The second-order valence-corrected chi connectivity index (χ2v) is 14.8. The molecule has 4 bridgehead atoms. The monoisotopic (exact) mass is 696 g/mol. The fraction of sp³-hybridized carbons (Fsp3) is 0.610. The Labute approximate surface area is 299 Å². The van der Waals surface area contributed by atoms with Gasteiger partial charge in [-0.3, -0.25) is 0 Å². The number of allylic oxidation sites excluding steroid dienone is 5. The molecule has 50 heavy (non-hydrogen) atoms. The van der Waals surface area contributed by atoms with Crippen molar-refractivity contribution in [1.82, 2.24) is 0 Å². The van der Waals surface area contributed by atoms with Crippen molar-refractivity contribution in [2.45, 2.75) is 129 Å². The van der Waals surface area contributed by atoms with E-state index in [9.17, 15) is 24.9 Å². The lowest BCUT2D eigenvalue weighted by Gasteiger charge is -2.48. The van der Waals surface area contributed by atoms with Gasteiger partial charge in [0.1, 0.15) is 12.7 Å². The minimum absolute atomic E-state index is 0.0429. The fourth-order valence-electron chi connectivity index (χ4n) is 6.34. The quantitative estimate of drug-likeness (QED) is 0.166. The van der Waals surface area contributed by atoms with E-state index in [0.717, 1.165) is 29.6 Å². The molecule has 3 aliphatic heterocycles. The van der Waals surface area contributed by atoms with E-state index in [4.69, 9.17) is 18.9 Å². The molecule has 3 heterocycles. The van der Waals surface area contributed by atoms with Gasteiger partial charge in [0.2, 0.25) is 0 Å². The van der Waals surface area contributed by atoms with Crippen molar-refractivity contribution in [3.8, 4) is 0 Å². The van der Waals surface area contributed by atoms with E-state index in [0.29, 0.717) is 38.0 Å². The van der Waals surface area contributed by atoms with Crippen LogP contribution in [0, 0.1) is 17.3 Å². The third-order valence-corrected chi connectivity index (χ3v) is 9.97. The van der Waals surface area contributed by atoms with Crippen LogP contribution < -0.4 is 0 Å². The molecule has 3 aliphatic rings. The Balaban J connectivity index is 1.74. The number of carbonyl (C=O) groups excluding carboxylic acids is 2. The summed E-state index contributed by atoms with van der Waals surface area (Å²) in [6.45, 7) is 18.1. The first-order valence-electron chi connectivity index (χ1n) is 18.1. The molecule has 2 fully saturated rings. The predicted molar refractivity (Wildman–Crippen MR) is 195 cm³/mol. The minimum atomic E-state index is -1.32. The molecule has 0 spiro atoms. The first-order chi connectivity index (χ1) is 23.7. The highest BCUT2D eigenvalue weighted by Gasteiger charge is 2.49. The van der Waals surface area contributed by atoms with E-state index in [-0.39, 0.29) is 37.8 Å². The Kier molecular flexibility index (Phi) is 16.6. The van der Waals surface area contributed by atoms with Crippen molar-refractivity contribution in [3.05, 3.63) is 84.6 Å². The summed E-state index contributed by atoms with van der Waals surface area (Å²) >= 11 is 0. The Morgan fingerprint density at radius 2 is 1.92 bits per heavy atom. The van der Waals surface area contributed by atoms with Crippen LogP contribution in [-0.4, -0.2) is 83.2 Å². The summed E-state index contributed by atoms with van der Waals surface area (Å²) in [6.07, 6.45) is 16.4. The maximum absolute atomic E-state index is 13.0. The Morgan fingerprint density at radius 3 is 2.64 bits per heavy atom. The molecule has 3 rings (SSSR count). The lowest BCUT2D eigenvalue weighted by atomic mass is 9.72. The average molecular weight is 697 g/mol. The van der Waals surface area contributed by atoms with Crippen LogP contribution in [-0.2, 0) is 28.5 Å². The molecule has 0 saturated carbocycles. The van der Waals surface area contributed by atoms with Gasteiger partial charge in [0.25, 0.3) is 0 Å². The number of esters is 2. The maximum atomic E-state index is 13.0. The summed E-state index contributed by atoms with van der Waals surface area (Å²) in [6, 6.07) is 0. The SMILES string of the molecule is C=C(CCC(C)C)COC(=O)[C@H](O)C/C=C\C[C@@H]1O[C@H]2C[C@@H](OC(=O)/C=C/C=C/C[C@H]3C[C@H](O)[C@@H](C)[C@@H](/C=C(C)\C=C\CC2=C)O3)[C@@]1(C)CO. The summed E-state index contributed by atoms with van der Waals surface area (Å²) in [5.41, 5.74) is 1.68. The molecule has 0 aromatic heterocycles. The first kappa shape index (κ1) is 41.3. The number of rotatable bonds is 11. The van der Waals surface area contributed by atoms with Gasteiger partial charge in [0.05, 0.1) is 42.5 Å². The summed E-state index contributed by atoms with van der Waals surface area (Å²) in [5.74, 6) is -0.765. The zero-order valence-corrected chi connectivity index (χ0v) is 30.7. The normalized spacial score (nSPS) is 34.7. The molecule has 0 unspecified atom stereocenters. The molecular weight excluding hydrogens is 636 g/mol. The number of hydrogen-bond acceptors (Lipinski definition) is 9. The molecule has 2 saturated heterocycles. The predicted octanol–water partition coefficient (Wildman–Crippen LogP) is 6.41. The molecular formula is C41H60O9. The van der Waals surface area contributed by atoms with Crippen LogP contribution in [0.15, 0.2) is 84.6 Å². The van der Waals surface area contributed by atoms with Crippen molar-refractivity contribution in [2.24, 2.45) is 17.3 Å². The van der Waals surface area contributed by atoms with Gasteiger partial charge < -0.3 is 34.3 Å². The molecule has 0 amide bonds. The highest BCUT2D eigenvalue weighted by atomic mass is 16.6. The zero-order valence-electron chi connectivity index (χ0n) is 30.7. The van der Waals surface area contributed by atoms with E-state index in [1.165, 1.54) is 6.08 Å². The van der Waals surface area contributed by atoms with Gasteiger partial charge in [-0.1, -0.05) is 95.0 Å². The van der Waals surface area contributed by atoms with Crippen LogP contribution in [0.4, 0.5) is 0 Å². The van der Waals surface area contributed by atoms with Crippen molar-refractivity contribution < 1.29 is 43.9 Å². The van der Waals surface area contributed by atoms with Crippen molar-refractivity contribution >= 4 is 11.9 Å². The van der Waals surface area contributed by atoms with Gasteiger partial charge in [0, 0.05) is 31.3 Å². The van der Waals surface area contributed by atoms with Gasteiger partial charge >= 0.3 is 11.9 Å². The maximum Gasteiger partial charge on any atom is 0.335 e. The molecule has 9 atom stereocenters. The van der Waals surface area contributed by atoms with E-state index in [1.807, 2.05) is 45.1 Å². The Bertz CT molecular complexity index is 1310. The van der Waals surface area contributed by atoms with Gasteiger partial charge in [0.15, 0.2) is 6.10 Å². The van der Waals surface area contributed by atoms with Crippen LogP contribution in [0.3, 0.4) is 0 Å². The van der Waals surface area contributed by atoms with E-state index >= 15 is 0 Å².